The molecule has 0 fully saturated rings. The highest BCUT2D eigenvalue weighted by Gasteiger charge is 2.15. The number of nitriles is 1. The molecule has 0 saturated heterocycles. The van der Waals surface area contributed by atoms with Crippen molar-refractivity contribution in [2.24, 2.45) is 0 Å². The topological polar surface area (TPSA) is 74.1 Å². The number of carbonyl (C=O) groups excluding carboxylic acids is 1. The van der Waals surface area contributed by atoms with Crippen molar-refractivity contribution in [1.82, 2.24) is 5.32 Å². The highest BCUT2D eigenvalue weighted by Crippen LogP contribution is 2.26. The number of aryl methyl sites for hydroxylation is 2. The predicted molar refractivity (Wildman–Crippen MR) is 119 cm³/mol. The Morgan fingerprint density at radius 3 is 2.53 bits per heavy atom. The lowest BCUT2D eigenvalue weighted by Crippen LogP contribution is -2.20. The molecule has 0 aromatic heterocycles. The van der Waals surface area contributed by atoms with Crippen LogP contribution in [0.5, 0.6) is 5.75 Å². The van der Waals surface area contributed by atoms with E-state index in [4.69, 9.17) is 4.74 Å². The highest BCUT2D eigenvalue weighted by atomic mass is 16.5. The van der Waals surface area contributed by atoms with Crippen LogP contribution in [-0.2, 0) is 17.6 Å². The van der Waals surface area contributed by atoms with Crippen LogP contribution in [0.1, 0.15) is 55.8 Å². The van der Waals surface area contributed by atoms with Gasteiger partial charge in [0.05, 0.1) is 12.6 Å². The Morgan fingerprint density at radius 1 is 1.13 bits per heavy atom. The first kappa shape index (κ1) is 21.4. The fourth-order valence-corrected chi connectivity index (χ4v) is 3.75. The Labute approximate surface area is 178 Å². The van der Waals surface area contributed by atoms with Crippen LogP contribution in [0.4, 0.5) is 5.69 Å². The van der Waals surface area contributed by atoms with Gasteiger partial charge in [-0.1, -0.05) is 25.1 Å². The summed E-state index contributed by atoms with van der Waals surface area (Å²) in [6.45, 7) is 4.60. The van der Waals surface area contributed by atoms with Crippen LogP contribution < -0.4 is 15.4 Å². The van der Waals surface area contributed by atoms with Crippen molar-refractivity contribution >= 4 is 11.6 Å². The number of benzene rings is 2. The van der Waals surface area contributed by atoms with Crippen LogP contribution >= 0.6 is 0 Å². The van der Waals surface area contributed by atoms with Crippen LogP contribution in [-0.4, -0.2) is 12.5 Å². The second kappa shape index (κ2) is 10.5. The number of nitrogens with one attached hydrogen (secondary N) is 2. The summed E-state index contributed by atoms with van der Waals surface area (Å²) >= 11 is 0. The summed E-state index contributed by atoms with van der Waals surface area (Å²) in [6, 6.07) is 15.8. The average molecular weight is 404 g/mol. The second-order valence-corrected chi connectivity index (χ2v) is 7.44. The van der Waals surface area contributed by atoms with Gasteiger partial charge in [0.25, 0.3) is 5.91 Å². The first-order chi connectivity index (χ1) is 14.6. The number of ether oxygens (including phenoxy) is 1. The molecule has 5 heteroatoms. The van der Waals surface area contributed by atoms with Gasteiger partial charge < -0.3 is 15.4 Å². The third-order valence-electron chi connectivity index (χ3n) is 5.40. The fourth-order valence-electron chi connectivity index (χ4n) is 3.75. The molecule has 0 radical (unpaired) electrons. The molecule has 0 heterocycles. The third-order valence-corrected chi connectivity index (χ3v) is 5.40. The van der Waals surface area contributed by atoms with E-state index in [9.17, 15) is 10.1 Å². The Bertz CT molecular complexity index is 942. The van der Waals surface area contributed by atoms with Gasteiger partial charge in [-0.3, -0.25) is 4.79 Å². The van der Waals surface area contributed by atoms with E-state index in [1.807, 2.05) is 13.0 Å². The first-order valence-electron chi connectivity index (χ1n) is 10.7. The SMILES string of the molecule is CCOc1ccc(NC(=O)/C(C#N)=C\NC(CC)c2ccc3c(c2)CCCC3)cc1. The molecule has 0 bridgehead atoms. The number of fused-ring (bicyclic) bond motifs is 1. The Hall–Kier alpha value is -3.26. The van der Waals surface area contributed by atoms with Gasteiger partial charge in [0.1, 0.15) is 17.4 Å². The molecular formula is C25H29N3O2. The summed E-state index contributed by atoms with van der Waals surface area (Å²) < 4.78 is 5.40. The van der Waals surface area contributed by atoms with Crippen LogP contribution in [0.15, 0.2) is 54.2 Å². The number of hydrogen-bond donors (Lipinski definition) is 2. The predicted octanol–water partition coefficient (Wildman–Crippen LogP) is 5.05. The van der Waals surface area contributed by atoms with Gasteiger partial charge in [0.2, 0.25) is 0 Å². The molecule has 2 aromatic carbocycles. The molecule has 0 spiro atoms. The quantitative estimate of drug-likeness (QED) is 0.478. The van der Waals surface area contributed by atoms with Gasteiger partial charge in [-0.05, 0) is 80.0 Å². The average Bonchev–Trinajstić information content (AvgIpc) is 2.78. The van der Waals surface area contributed by atoms with Gasteiger partial charge in [-0.25, -0.2) is 0 Å². The minimum absolute atomic E-state index is 0.0419. The summed E-state index contributed by atoms with van der Waals surface area (Å²) in [5.41, 5.74) is 4.73. The number of nitrogens with zero attached hydrogens (tertiary/aromatic N) is 1. The molecule has 0 aliphatic heterocycles. The zero-order chi connectivity index (χ0) is 21.3. The van der Waals surface area contributed by atoms with E-state index in [1.165, 1.54) is 35.7 Å². The van der Waals surface area contributed by atoms with Crippen LogP contribution in [0, 0.1) is 11.3 Å². The minimum atomic E-state index is -0.436. The maximum absolute atomic E-state index is 12.5. The van der Waals surface area contributed by atoms with E-state index in [2.05, 4.69) is 35.8 Å². The lowest BCUT2D eigenvalue weighted by Gasteiger charge is -2.21. The summed E-state index contributed by atoms with van der Waals surface area (Å²) in [6.07, 6.45) is 7.17. The second-order valence-electron chi connectivity index (χ2n) is 7.44. The van der Waals surface area contributed by atoms with E-state index in [0.717, 1.165) is 25.0 Å². The van der Waals surface area contributed by atoms with Gasteiger partial charge in [0, 0.05) is 11.9 Å². The summed E-state index contributed by atoms with van der Waals surface area (Å²) in [5.74, 6) is 0.304. The van der Waals surface area contributed by atoms with Gasteiger partial charge in [-0.15, -0.1) is 0 Å². The monoisotopic (exact) mass is 403 g/mol. The molecule has 2 aromatic rings. The van der Waals surface area contributed by atoms with Crippen LogP contribution in [0.25, 0.3) is 0 Å². The molecule has 1 unspecified atom stereocenters. The highest BCUT2D eigenvalue weighted by molar-refractivity contribution is 6.06. The lowest BCUT2D eigenvalue weighted by atomic mass is 9.89. The molecule has 3 rings (SSSR count). The normalized spacial score (nSPS) is 14.2. The molecule has 1 aliphatic carbocycles. The Morgan fingerprint density at radius 2 is 1.87 bits per heavy atom. The van der Waals surface area contributed by atoms with Crippen LogP contribution in [0.3, 0.4) is 0 Å². The molecule has 1 amide bonds. The van der Waals surface area contributed by atoms with Gasteiger partial charge in [0.15, 0.2) is 0 Å². The lowest BCUT2D eigenvalue weighted by molar-refractivity contribution is -0.112. The molecule has 1 atom stereocenters. The molecule has 2 N–H and O–H groups in total. The van der Waals surface area contributed by atoms with E-state index in [-0.39, 0.29) is 11.6 Å². The number of carbonyl (C=O) groups is 1. The molecule has 156 valence electrons. The Kier molecular flexibility index (Phi) is 7.51. The number of rotatable bonds is 8. The van der Waals surface area contributed by atoms with Crippen molar-refractivity contribution in [3.8, 4) is 11.8 Å². The molecule has 0 saturated carbocycles. The molecule has 1 aliphatic rings. The van der Waals surface area contributed by atoms with E-state index in [0.29, 0.717) is 12.3 Å². The fraction of sp³-hybridized carbons (Fsp3) is 0.360. The van der Waals surface area contributed by atoms with Crippen molar-refractivity contribution in [2.75, 3.05) is 11.9 Å². The molecular weight excluding hydrogens is 374 g/mol. The largest absolute Gasteiger partial charge is 0.494 e. The van der Waals surface area contributed by atoms with E-state index < -0.39 is 5.91 Å². The zero-order valence-electron chi connectivity index (χ0n) is 17.7. The third kappa shape index (κ3) is 5.42. The van der Waals surface area contributed by atoms with E-state index >= 15 is 0 Å². The first-order valence-corrected chi connectivity index (χ1v) is 10.7. The minimum Gasteiger partial charge on any atom is -0.494 e. The number of anilines is 1. The smallest absolute Gasteiger partial charge is 0.267 e. The van der Waals surface area contributed by atoms with Crippen LogP contribution in [0.2, 0.25) is 0 Å². The maximum atomic E-state index is 12.5. The van der Waals surface area contributed by atoms with Crippen molar-refractivity contribution < 1.29 is 9.53 Å². The van der Waals surface area contributed by atoms with Crippen molar-refractivity contribution in [3.63, 3.8) is 0 Å². The molecule has 30 heavy (non-hydrogen) atoms. The summed E-state index contributed by atoms with van der Waals surface area (Å²) in [4.78, 5) is 12.5. The summed E-state index contributed by atoms with van der Waals surface area (Å²) in [5, 5.41) is 15.5. The number of hydrogen-bond acceptors (Lipinski definition) is 4. The molecule has 5 nitrogen and oxygen atoms in total. The van der Waals surface area contributed by atoms with Gasteiger partial charge in [-0.2, -0.15) is 5.26 Å². The van der Waals surface area contributed by atoms with Crippen molar-refractivity contribution in [3.05, 3.63) is 70.9 Å². The van der Waals surface area contributed by atoms with Gasteiger partial charge >= 0.3 is 0 Å². The summed E-state index contributed by atoms with van der Waals surface area (Å²) in [7, 11) is 0. The zero-order valence-corrected chi connectivity index (χ0v) is 17.7. The number of amides is 1. The standard InChI is InChI=1S/C25H29N3O2/c1-3-24(20-10-9-18-7-5-6-8-19(18)15-20)27-17-21(16-26)25(29)28-22-11-13-23(14-12-22)30-4-2/h9-15,17,24,27H,3-8H2,1-2H3,(H,28,29)/b21-17-. The maximum Gasteiger partial charge on any atom is 0.267 e. The Balaban J connectivity index is 1.67. The van der Waals surface area contributed by atoms with Crippen molar-refractivity contribution in [1.29, 1.82) is 5.26 Å². The van der Waals surface area contributed by atoms with E-state index in [1.54, 1.807) is 24.3 Å². The van der Waals surface area contributed by atoms with Crippen molar-refractivity contribution in [2.45, 2.75) is 52.0 Å².